The Bertz CT molecular complexity index is 345. The minimum atomic E-state index is -0.979. The van der Waals surface area contributed by atoms with Crippen molar-refractivity contribution in [2.75, 3.05) is 0 Å². The van der Waals surface area contributed by atoms with Gasteiger partial charge in [0, 0.05) is 5.56 Å². The fraction of sp³-hybridized carbons (Fsp3) is 0.125. The number of rotatable bonds is 1. The van der Waals surface area contributed by atoms with Crippen LogP contribution in [0.25, 0.3) is 0 Å². The topological polar surface area (TPSA) is 87.0 Å². The van der Waals surface area contributed by atoms with Crippen LogP contribution in [0.5, 0.6) is 11.5 Å². The molecule has 0 aliphatic rings. The van der Waals surface area contributed by atoms with Crippen LogP contribution in [0.15, 0.2) is 12.1 Å². The number of carbonyl (C=O) groups excluding carboxylic acids is 1. The van der Waals surface area contributed by atoms with Crippen molar-refractivity contribution in [1.29, 1.82) is 0 Å². The Kier molecular flexibility index (Phi) is 2.39. The maximum atomic E-state index is 10.8. The number of phenols is 2. The van der Waals surface area contributed by atoms with E-state index in [4.69, 9.17) is 10.4 Å². The monoisotopic (exact) mass is 184 g/mol. The second-order valence-electron chi connectivity index (χ2n) is 2.48. The Morgan fingerprint density at radius 3 is 2.54 bits per heavy atom. The first kappa shape index (κ1) is 9.34. The molecular weight excluding hydrogens is 176 g/mol. The zero-order valence-electron chi connectivity index (χ0n) is 6.81. The van der Waals surface area contributed by atoms with E-state index in [1.54, 1.807) is 0 Å². The molecule has 5 nitrogen and oxygen atoms in total. The minimum absolute atomic E-state index is 0.00204. The largest absolute Gasteiger partial charge is 0.504 e. The molecule has 0 unspecified atom stereocenters. The summed E-state index contributed by atoms with van der Waals surface area (Å²) in [7, 11) is 0. The van der Waals surface area contributed by atoms with Crippen LogP contribution in [0.4, 0.5) is 0 Å². The van der Waals surface area contributed by atoms with Gasteiger partial charge >= 0.3 is 5.97 Å². The van der Waals surface area contributed by atoms with E-state index in [0.717, 1.165) is 6.07 Å². The lowest BCUT2D eigenvalue weighted by Crippen LogP contribution is -2.03. The lowest BCUT2D eigenvalue weighted by Gasteiger charge is -2.05. The number of hydrogen-bond donors (Lipinski definition) is 3. The van der Waals surface area contributed by atoms with E-state index < -0.39 is 11.7 Å². The third-order valence-corrected chi connectivity index (χ3v) is 1.71. The molecule has 0 aromatic heterocycles. The molecule has 1 rings (SSSR count). The summed E-state index contributed by atoms with van der Waals surface area (Å²) in [4.78, 5) is 14.3. The van der Waals surface area contributed by atoms with Crippen molar-refractivity contribution in [2.45, 2.75) is 6.92 Å². The summed E-state index contributed by atoms with van der Waals surface area (Å²) in [5.41, 5.74) is 0.150. The molecule has 13 heavy (non-hydrogen) atoms. The molecular formula is C8H8O5. The molecule has 1 aromatic rings. The van der Waals surface area contributed by atoms with Crippen LogP contribution in [0.1, 0.15) is 15.9 Å². The average Bonchev–Trinajstić information content (AvgIpc) is 2.13. The molecule has 0 radical (unpaired) electrons. The fourth-order valence-corrected chi connectivity index (χ4v) is 0.956. The summed E-state index contributed by atoms with van der Waals surface area (Å²) in [5, 5.41) is 26.3. The van der Waals surface area contributed by atoms with Gasteiger partial charge in [-0.3, -0.25) is 4.89 Å². The normalized spacial score (nSPS) is 9.69. The van der Waals surface area contributed by atoms with Crippen molar-refractivity contribution >= 4 is 5.97 Å². The van der Waals surface area contributed by atoms with Crippen LogP contribution in [-0.4, -0.2) is 21.4 Å². The Morgan fingerprint density at radius 2 is 2.00 bits per heavy atom. The second-order valence-corrected chi connectivity index (χ2v) is 2.48. The van der Waals surface area contributed by atoms with E-state index in [1.807, 2.05) is 0 Å². The molecule has 0 atom stereocenters. The summed E-state index contributed by atoms with van der Waals surface area (Å²) in [5.74, 6) is -1.71. The molecule has 70 valence electrons. The van der Waals surface area contributed by atoms with Gasteiger partial charge in [0.25, 0.3) is 0 Å². The molecule has 0 saturated carbocycles. The lowest BCUT2D eigenvalue weighted by molar-refractivity contribution is -0.182. The number of phenolic OH excluding ortho intramolecular Hbond substituents is 2. The minimum Gasteiger partial charge on any atom is -0.504 e. The summed E-state index contributed by atoms with van der Waals surface area (Å²) in [6.45, 7) is 1.42. The highest BCUT2D eigenvalue weighted by molar-refractivity contribution is 5.91. The van der Waals surface area contributed by atoms with E-state index in [0.29, 0.717) is 0 Å². The summed E-state index contributed by atoms with van der Waals surface area (Å²) in [6.07, 6.45) is 0. The van der Waals surface area contributed by atoms with Gasteiger partial charge in [0.2, 0.25) is 0 Å². The highest BCUT2D eigenvalue weighted by atomic mass is 17.1. The van der Waals surface area contributed by atoms with Crippen LogP contribution in [-0.2, 0) is 4.89 Å². The molecule has 0 aliphatic heterocycles. The average molecular weight is 184 g/mol. The van der Waals surface area contributed by atoms with Crippen LogP contribution >= 0.6 is 0 Å². The highest BCUT2D eigenvalue weighted by Gasteiger charge is 2.15. The van der Waals surface area contributed by atoms with E-state index in [2.05, 4.69) is 4.89 Å². The van der Waals surface area contributed by atoms with Crippen molar-refractivity contribution in [2.24, 2.45) is 0 Å². The maximum Gasteiger partial charge on any atom is 0.373 e. The Hall–Kier alpha value is -1.75. The van der Waals surface area contributed by atoms with Gasteiger partial charge in [0.05, 0.1) is 5.56 Å². The predicted molar refractivity (Wildman–Crippen MR) is 42.6 cm³/mol. The smallest absolute Gasteiger partial charge is 0.373 e. The third kappa shape index (κ3) is 1.54. The SMILES string of the molecule is Cc1c(C(=O)OO)ccc(O)c1O. The van der Waals surface area contributed by atoms with E-state index in [9.17, 15) is 9.90 Å². The molecule has 0 aliphatic carbocycles. The molecule has 5 heteroatoms. The molecule has 0 amide bonds. The second kappa shape index (κ2) is 3.32. The van der Waals surface area contributed by atoms with Gasteiger partial charge in [-0.2, -0.15) is 5.26 Å². The number of benzene rings is 1. The summed E-state index contributed by atoms with van der Waals surface area (Å²) in [6, 6.07) is 2.37. The van der Waals surface area contributed by atoms with Crippen molar-refractivity contribution in [3.05, 3.63) is 23.3 Å². The molecule has 3 N–H and O–H groups in total. The van der Waals surface area contributed by atoms with Gasteiger partial charge in [0.15, 0.2) is 11.5 Å². The van der Waals surface area contributed by atoms with E-state index in [1.165, 1.54) is 13.0 Å². The first-order valence-corrected chi connectivity index (χ1v) is 3.45. The molecule has 0 bridgehead atoms. The first-order valence-electron chi connectivity index (χ1n) is 3.45. The van der Waals surface area contributed by atoms with Crippen molar-refractivity contribution in [1.82, 2.24) is 0 Å². The zero-order valence-corrected chi connectivity index (χ0v) is 6.81. The number of carbonyl (C=O) groups is 1. The number of hydrogen-bond acceptors (Lipinski definition) is 5. The predicted octanol–water partition coefficient (Wildman–Crippen LogP) is 1.04. The Labute approximate surface area is 73.7 Å². The van der Waals surface area contributed by atoms with Crippen LogP contribution in [0.3, 0.4) is 0 Å². The van der Waals surface area contributed by atoms with Crippen molar-refractivity contribution in [3.63, 3.8) is 0 Å². The standard InChI is InChI=1S/C8H8O5/c1-4-5(8(11)13-12)2-3-6(9)7(4)10/h2-3,9-10,12H,1H3. The van der Waals surface area contributed by atoms with E-state index >= 15 is 0 Å². The van der Waals surface area contributed by atoms with Crippen LogP contribution in [0, 0.1) is 6.92 Å². The van der Waals surface area contributed by atoms with Gasteiger partial charge in [-0.15, -0.1) is 0 Å². The molecule has 0 heterocycles. The van der Waals surface area contributed by atoms with Gasteiger partial charge in [0.1, 0.15) is 0 Å². The summed E-state index contributed by atoms with van der Waals surface area (Å²) >= 11 is 0. The van der Waals surface area contributed by atoms with Gasteiger partial charge in [-0.25, -0.2) is 4.79 Å². The van der Waals surface area contributed by atoms with Crippen LogP contribution < -0.4 is 0 Å². The third-order valence-electron chi connectivity index (χ3n) is 1.71. The van der Waals surface area contributed by atoms with E-state index in [-0.39, 0.29) is 16.9 Å². The molecule has 0 saturated heterocycles. The van der Waals surface area contributed by atoms with Gasteiger partial charge in [-0.05, 0) is 19.1 Å². The van der Waals surface area contributed by atoms with Crippen LogP contribution in [0.2, 0.25) is 0 Å². The zero-order chi connectivity index (χ0) is 10.0. The summed E-state index contributed by atoms with van der Waals surface area (Å²) < 4.78 is 0. The van der Waals surface area contributed by atoms with Gasteiger partial charge in [-0.1, -0.05) is 0 Å². The molecule has 0 fully saturated rings. The van der Waals surface area contributed by atoms with Crippen molar-refractivity contribution in [3.8, 4) is 11.5 Å². The first-order chi connectivity index (χ1) is 6.07. The quantitative estimate of drug-likeness (QED) is 0.345. The molecule has 1 aromatic carbocycles. The van der Waals surface area contributed by atoms with Crippen molar-refractivity contribution < 1.29 is 25.2 Å². The molecule has 0 spiro atoms. The fourth-order valence-electron chi connectivity index (χ4n) is 0.956. The Morgan fingerprint density at radius 1 is 1.38 bits per heavy atom. The van der Waals surface area contributed by atoms with Gasteiger partial charge < -0.3 is 10.2 Å². The number of aromatic hydroxyl groups is 2. The lowest BCUT2D eigenvalue weighted by atomic mass is 10.1. The Balaban J connectivity index is 3.26. The highest BCUT2D eigenvalue weighted by Crippen LogP contribution is 2.30. The maximum absolute atomic E-state index is 10.8.